The molecule has 1 unspecified atom stereocenters. The highest BCUT2D eigenvalue weighted by Gasteiger charge is 2.21. The summed E-state index contributed by atoms with van der Waals surface area (Å²) < 4.78 is 0. The van der Waals surface area contributed by atoms with Gasteiger partial charge >= 0.3 is 0 Å². The first-order valence-electron chi connectivity index (χ1n) is 6.21. The zero-order chi connectivity index (χ0) is 12.1. The van der Waals surface area contributed by atoms with E-state index in [-0.39, 0.29) is 11.8 Å². The number of nitrogens with zero attached hydrogens (tertiary/aromatic N) is 1. The van der Waals surface area contributed by atoms with Crippen molar-refractivity contribution in [3.63, 3.8) is 0 Å². The third-order valence-electron chi connectivity index (χ3n) is 3.26. The molecule has 0 bridgehead atoms. The van der Waals surface area contributed by atoms with Crippen molar-refractivity contribution in [2.45, 2.75) is 25.8 Å². The van der Waals surface area contributed by atoms with Gasteiger partial charge in [0.05, 0.1) is 0 Å². The van der Waals surface area contributed by atoms with Crippen molar-refractivity contribution in [3.8, 4) is 0 Å². The highest BCUT2D eigenvalue weighted by Crippen LogP contribution is 2.20. The summed E-state index contributed by atoms with van der Waals surface area (Å²) >= 11 is 0. The average molecular weight is 229 g/mol. The summed E-state index contributed by atoms with van der Waals surface area (Å²) in [6.07, 6.45) is 7.23. The molecule has 1 aliphatic carbocycles. The zero-order valence-corrected chi connectivity index (χ0v) is 10.3. The van der Waals surface area contributed by atoms with E-state index in [2.05, 4.69) is 24.3 Å². The molecular weight excluding hydrogens is 210 g/mol. The molecule has 0 aliphatic heterocycles. The fourth-order valence-electron chi connectivity index (χ4n) is 2.26. The van der Waals surface area contributed by atoms with E-state index in [1.165, 1.54) is 5.56 Å². The van der Waals surface area contributed by atoms with Crippen LogP contribution < -0.4 is 0 Å². The molecular formula is C15H19NO. The van der Waals surface area contributed by atoms with Crippen LogP contribution in [0, 0.1) is 5.92 Å². The smallest absolute Gasteiger partial charge is 0.226 e. The SMILES string of the molecule is CN(Cc1ccccc1)C(=O)C1CC=CCC1. The summed E-state index contributed by atoms with van der Waals surface area (Å²) in [5.74, 6) is 0.465. The van der Waals surface area contributed by atoms with Crippen molar-refractivity contribution in [2.75, 3.05) is 7.05 Å². The van der Waals surface area contributed by atoms with Gasteiger partial charge in [-0.25, -0.2) is 0 Å². The first-order chi connectivity index (χ1) is 8.27. The van der Waals surface area contributed by atoms with Gasteiger partial charge in [-0.3, -0.25) is 4.79 Å². The van der Waals surface area contributed by atoms with Gasteiger partial charge in [0, 0.05) is 19.5 Å². The molecule has 2 rings (SSSR count). The van der Waals surface area contributed by atoms with Crippen LogP contribution in [-0.2, 0) is 11.3 Å². The van der Waals surface area contributed by atoms with Crippen LogP contribution in [0.15, 0.2) is 42.5 Å². The molecule has 0 saturated heterocycles. The Morgan fingerprint density at radius 1 is 1.29 bits per heavy atom. The van der Waals surface area contributed by atoms with Crippen molar-refractivity contribution in [1.82, 2.24) is 4.90 Å². The Balaban J connectivity index is 1.93. The van der Waals surface area contributed by atoms with Gasteiger partial charge in [0.25, 0.3) is 0 Å². The van der Waals surface area contributed by atoms with Crippen molar-refractivity contribution in [2.24, 2.45) is 5.92 Å². The maximum atomic E-state index is 12.2. The standard InChI is InChI=1S/C15H19NO/c1-16(12-13-8-4-2-5-9-13)15(17)14-10-6-3-7-11-14/h2-6,8-9,14H,7,10-12H2,1H3. The lowest BCUT2D eigenvalue weighted by atomic mass is 9.93. The lowest BCUT2D eigenvalue weighted by Crippen LogP contribution is -2.32. The molecule has 1 aromatic carbocycles. The van der Waals surface area contributed by atoms with Crippen LogP contribution in [0.4, 0.5) is 0 Å². The fraction of sp³-hybridized carbons (Fsp3) is 0.400. The second-order valence-corrected chi connectivity index (χ2v) is 4.66. The summed E-state index contributed by atoms with van der Waals surface area (Å²) in [6.45, 7) is 0.708. The number of hydrogen-bond acceptors (Lipinski definition) is 1. The number of carbonyl (C=O) groups is 1. The maximum absolute atomic E-state index is 12.2. The Hall–Kier alpha value is -1.57. The highest BCUT2D eigenvalue weighted by atomic mass is 16.2. The number of rotatable bonds is 3. The third kappa shape index (κ3) is 3.19. The highest BCUT2D eigenvalue weighted by molar-refractivity contribution is 5.78. The van der Waals surface area contributed by atoms with E-state index in [0.717, 1.165) is 19.3 Å². The molecule has 0 fully saturated rings. The lowest BCUT2D eigenvalue weighted by molar-refractivity contribution is -0.135. The fourth-order valence-corrected chi connectivity index (χ4v) is 2.26. The van der Waals surface area contributed by atoms with Gasteiger partial charge in [0.1, 0.15) is 0 Å². The molecule has 17 heavy (non-hydrogen) atoms. The van der Waals surface area contributed by atoms with E-state index in [0.29, 0.717) is 6.54 Å². The predicted molar refractivity (Wildman–Crippen MR) is 69.4 cm³/mol. The van der Waals surface area contributed by atoms with Crippen molar-refractivity contribution >= 4 is 5.91 Å². The Labute approximate surface area is 103 Å². The van der Waals surface area contributed by atoms with E-state index in [1.54, 1.807) is 0 Å². The van der Waals surface area contributed by atoms with Gasteiger partial charge in [-0.15, -0.1) is 0 Å². The normalized spacial score (nSPS) is 19.0. The molecule has 0 spiro atoms. The Morgan fingerprint density at radius 2 is 2.06 bits per heavy atom. The summed E-state index contributed by atoms with van der Waals surface area (Å²) in [7, 11) is 1.90. The molecule has 0 saturated carbocycles. The summed E-state index contributed by atoms with van der Waals surface area (Å²) in [5.41, 5.74) is 1.19. The van der Waals surface area contributed by atoms with Crippen molar-refractivity contribution in [1.29, 1.82) is 0 Å². The van der Waals surface area contributed by atoms with Gasteiger partial charge < -0.3 is 4.90 Å². The molecule has 0 aromatic heterocycles. The summed E-state index contributed by atoms with van der Waals surface area (Å²) in [6, 6.07) is 10.1. The zero-order valence-electron chi connectivity index (χ0n) is 10.3. The molecule has 1 aromatic rings. The molecule has 1 amide bonds. The van der Waals surface area contributed by atoms with Crippen molar-refractivity contribution in [3.05, 3.63) is 48.0 Å². The Morgan fingerprint density at radius 3 is 2.71 bits per heavy atom. The first-order valence-corrected chi connectivity index (χ1v) is 6.21. The number of amides is 1. The third-order valence-corrected chi connectivity index (χ3v) is 3.26. The lowest BCUT2D eigenvalue weighted by Gasteiger charge is -2.24. The van der Waals surface area contributed by atoms with Crippen LogP contribution in [-0.4, -0.2) is 17.9 Å². The van der Waals surface area contributed by atoms with Crippen molar-refractivity contribution < 1.29 is 4.79 Å². The van der Waals surface area contributed by atoms with Crippen LogP contribution in [0.2, 0.25) is 0 Å². The monoisotopic (exact) mass is 229 g/mol. The molecule has 0 N–H and O–H groups in total. The molecule has 0 heterocycles. The second-order valence-electron chi connectivity index (χ2n) is 4.66. The molecule has 1 atom stereocenters. The number of benzene rings is 1. The van der Waals surface area contributed by atoms with E-state index in [9.17, 15) is 4.79 Å². The first kappa shape index (κ1) is 11.9. The second kappa shape index (κ2) is 5.67. The quantitative estimate of drug-likeness (QED) is 0.730. The Bertz CT molecular complexity index is 397. The van der Waals surface area contributed by atoms with Crippen LogP contribution in [0.3, 0.4) is 0 Å². The molecule has 1 aliphatic rings. The maximum Gasteiger partial charge on any atom is 0.226 e. The van der Waals surface area contributed by atoms with Gasteiger partial charge in [0.15, 0.2) is 0 Å². The van der Waals surface area contributed by atoms with Gasteiger partial charge in [0.2, 0.25) is 5.91 Å². The summed E-state index contributed by atoms with van der Waals surface area (Å²) in [5, 5.41) is 0. The van der Waals surface area contributed by atoms with Gasteiger partial charge in [-0.2, -0.15) is 0 Å². The Kier molecular flexibility index (Phi) is 3.97. The van der Waals surface area contributed by atoms with E-state index in [1.807, 2.05) is 30.1 Å². The number of hydrogen-bond donors (Lipinski definition) is 0. The van der Waals surface area contributed by atoms with Gasteiger partial charge in [-0.05, 0) is 24.8 Å². The number of carbonyl (C=O) groups excluding carboxylic acids is 1. The predicted octanol–water partition coefficient (Wildman–Crippen LogP) is 3.00. The topological polar surface area (TPSA) is 20.3 Å². The number of allylic oxidation sites excluding steroid dienone is 2. The van der Waals surface area contributed by atoms with E-state index in [4.69, 9.17) is 0 Å². The van der Waals surface area contributed by atoms with E-state index < -0.39 is 0 Å². The molecule has 2 nitrogen and oxygen atoms in total. The van der Waals surface area contributed by atoms with Crippen LogP contribution in [0.1, 0.15) is 24.8 Å². The minimum atomic E-state index is 0.189. The summed E-state index contributed by atoms with van der Waals surface area (Å²) in [4.78, 5) is 14.0. The molecule has 0 radical (unpaired) electrons. The largest absolute Gasteiger partial charge is 0.341 e. The average Bonchev–Trinajstić information content (AvgIpc) is 2.40. The van der Waals surface area contributed by atoms with Crippen LogP contribution in [0.5, 0.6) is 0 Å². The minimum absolute atomic E-state index is 0.189. The van der Waals surface area contributed by atoms with E-state index >= 15 is 0 Å². The molecule has 90 valence electrons. The van der Waals surface area contributed by atoms with Gasteiger partial charge in [-0.1, -0.05) is 42.5 Å². The van der Waals surface area contributed by atoms with Crippen LogP contribution >= 0.6 is 0 Å². The van der Waals surface area contributed by atoms with Crippen LogP contribution in [0.25, 0.3) is 0 Å². The molecule has 2 heteroatoms. The minimum Gasteiger partial charge on any atom is -0.341 e.